The van der Waals surface area contributed by atoms with Crippen LogP contribution >= 0.6 is 0 Å². The van der Waals surface area contributed by atoms with Gasteiger partial charge >= 0.3 is 0 Å². The van der Waals surface area contributed by atoms with Gasteiger partial charge in [-0.25, -0.2) is 19.6 Å². The molecule has 20 heavy (non-hydrogen) atoms. The molecule has 0 aliphatic heterocycles. The zero-order valence-corrected chi connectivity index (χ0v) is 14.0. The summed E-state index contributed by atoms with van der Waals surface area (Å²) in [4.78, 5) is 21.2. The third-order valence-corrected chi connectivity index (χ3v) is 2.60. The number of hydrogen-bond acceptors (Lipinski definition) is 4. The number of rotatable bonds is 12. The fraction of sp³-hybridized carbons (Fsp3) is 0.875. The standard InChI is InChI=1S/C16H32O4/c1-7-9-13-17-19-15(3,4)11-12-16(5,6)20-18-14-10-8-2/h11-12H,7-10,13-14H2,1-6H3/b12-11+. The van der Waals surface area contributed by atoms with Crippen molar-refractivity contribution in [1.82, 2.24) is 0 Å². The van der Waals surface area contributed by atoms with Crippen molar-refractivity contribution in [3.63, 3.8) is 0 Å². The van der Waals surface area contributed by atoms with E-state index in [2.05, 4.69) is 13.8 Å². The molecular formula is C16H32O4. The number of unbranched alkanes of at least 4 members (excludes halogenated alkanes) is 2. The molecule has 0 aliphatic carbocycles. The summed E-state index contributed by atoms with van der Waals surface area (Å²) in [6.45, 7) is 13.3. The van der Waals surface area contributed by atoms with Gasteiger partial charge in [-0.1, -0.05) is 38.8 Å². The van der Waals surface area contributed by atoms with Crippen molar-refractivity contribution in [3.05, 3.63) is 12.2 Å². The highest BCUT2D eigenvalue weighted by molar-refractivity contribution is 5.04. The molecule has 0 N–H and O–H groups in total. The van der Waals surface area contributed by atoms with Crippen LogP contribution in [0.15, 0.2) is 12.2 Å². The Morgan fingerprint density at radius 1 is 0.700 bits per heavy atom. The van der Waals surface area contributed by atoms with Gasteiger partial charge in [0.25, 0.3) is 0 Å². The maximum absolute atomic E-state index is 5.39. The van der Waals surface area contributed by atoms with E-state index < -0.39 is 11.2 Å². The Balaban J connectivity index is 4.07. The van der Waals surface area contributed by atoms with E-state index in [1.165, 1.54) is 0 Å². The van der Waals surface area contributed by atoms with Crippen LogP contribution in [0.2, 0.25) is 0 Å². The minimum Gasteiger partial charge on any atom is -0.236 e. The molecule has 0 saturated carbocycles. The molecule has 120 valence electrons. The average Bonchev–Trinajstić information content (AvgIpc) is 2.38. The van der Waals surface area contributed by atoms with Crippen LogP contribution in [0.3, 0.4) is 0 Å². The lowest BCUT2D eigenvalue weighted by Gasteiger charge is -2.23. The molecule has 0 bridgehead atoms. The van der Waals surface area contributed by atoms with Gasteiger partial charge in [0, 0.05) is 0 Å². The largest absolute Gasteiger partial charge is 0.236 e. The first-order valence-electron chi connectivity index (χ1n) is 7.64. The monoisotopic (exact) mass is 288 g/mol. The lowest BCUT2D eigenvalue weighted by molar-refractivity contribution is -0.345. The van der Waals surface area contributed by atoms with Crippen LogP contribution in [0.5, 0.6) is 0 Å². The fourth-order valence-corrected chi connectivity index (χ4v) is 1.25. The van der Waals surface area contributed by atoms with Crippen molar-refractivity contribution in [2.24, 2.45) is 0 Å². The Labute approximate surface area is 124 Å². The van der Waals surface area contributed by atoms with Crippen molar-refractivity contribution in [1.29, 1.82) is 0 Å². The van der Waals surface area contributed by atoms with Gasteiger partial charge in [-0.3, -0.25) is 0 Å². The second-order valence-corrected chi connectivity index (χ2v) is 6.06. The average molecular weight is 288 g/mol. The molecule has 0 unspecified atom stereocenters. The quantitative estimate of drug-likeness (QED) is 0.228. The van der Waals surface area contributed by atoms with Crippen LogP contribution in [0.1, 0.15) is 67.2 Å². The molecule has 0 saturated heterocycles. The van der Waals surface area contributed by atoms with Crippen molar-refractivity contribution in [2.75, 3.05) is 13.2 Å². The van der Waals surface area contributed by atoms with E-state index in [-0.39, 0.29) is 0 Å². The van der Waals surface area contributed by atoms with Gasteiger partial charge in [0.2, 0.25) is 0 Å². The van der Waals surface area contributed by atoms with Crippen LogP contribution in [0, 0.1) is 0 Å². The van der Waals surface area contributed by atoms with Crippen LogP contribution in [-0.4, -0.2) is 24.4 Å². The van der Waals surface area contributed by atoms with Crippen LogP contribution in [-0.2, 0) is 19.6 Å². The smallest absolute Gasteiger partial charge is 0.116 e. The number of hydrogen-bond donors (Lipinski definition) is 0. The highest BCUT2D eigenvalue weighted by Gasteiger charge is 2.21. The summed E-state index contributed by atoms with van der Waals surface area (Å²) in [5.41, 5.74) is -0.977. The Bertz CT molecular complexity index is 233. The van der Waals surface area contributed by atoms with Crippen molar-refractivity contribution >= 4 is 0 Å². The Kier molecular flexibility index (Phi) is 10.1. The second kappa shape index (κ2) is 10.3. The molecule has 4 heteroatoms. The minimum atomic E-state index is -0.488. The molecule has 0 atom stereocenters. The maximum atomic E-state index is 5.39. The zero-order chi connectivity index (χ0) is 15.5. The highest BCUT2D eigenvalue weighted by Crippen LogP contribution is 2.18. The van der Waals surface area contributed by atoms with E-state index in [1.54, 1.807) is 0 Å². The van der Waals surface area contributed by atoms with E-state index in [0.717, 1.165) is 25.7 Å². The van der Waals surface area contributed by atoms with Crippen molar-refractivity contribution in [2.45, 2.75) is 78.4 Å². The highest BCUT2D eigenvalue weighted by atomic mass is 17.2. The molecule has 0 rings (SSSR count). The van der Waals surface area contributed by atoms with Crippen molar-refractivity contribution < 1.29 is 19.6 Å². The molecule has 0 heterocycles. The third kappa shape index (κ3) is 11.4. The Hall–Kier alpha value is -0.420. The first-order chi connectivity index (χ1) is 9.33. The van der Waals surface area contributed by atoms with E-state index in [0.29, 0.717) is 13.2 Å². The van der Waals surface area contributed by atoms with Gasteiger partial charge < -0.3 is 0 Å². The first kappa shape index (κ1) is 19.6. The second-order valence-electron chi connectivity index (χ2n) is 6.06. The SMILES string of the molecule is CCCCOOC(C)(C)/C=C/C(C)(C)OOCCCC. The summed E-state index contributed by atoms with van der Waals surface area (Å²) in [7, 11) is 0. The predicted molar refractivity (Wildman–Crippen MR) is 81.2 cm³/mol. The van der Waals surface area contributed by atoms with Gasteiger partial charge in [0.05, 0.1) is 13.2 Å². The molecule has 0 amide bonds. The van der Waals surface area contributed by atoms with E-state index >= 15 is 0 Å². The lowest BCUT2D eigenvalue weighted by Crippen LogP contribution is -2.26. The van der Waals surface area contributed by atoms with E-state index in [9.17, 15) is 0 Å². The molecule has 4 nitrogen and oxygen atoms in total. The third-order valence-electron chi connectivity index (χ3n) is 2.60. The normalized spacial score (nSPS) is 13.3. The molecule has 0 aromatic carbocycles. The summed E-state index contributed by atoms with van der Waals surface area (Å²) in [5.74, 6) is 0. The lowest BCUT2D eigenvalue weighted by atomic mass is 10.0. The van der Waals surface area contributed by atoms with Gasteiger partial charge in [-0.2, -0.15) is 0 Å². The van der Waals surface area contributed by atoms with Crippen molar-refractivity contribution in [3.8, 4) is 0 Å². The van der Waals surface area contributed by atoms with E-state index in [4.69, 9.17) is 19.6 Å². The summed E-state index contributed by atoms with van der Waals surface area (Å²) in [6.07, 6.45) is 8.05. The van der Waals surface area contributed by atoms with Crippen LogP contribution in [0.25, 0.3) is 0 Å². The molecule has 0 fully saturated rings. The molecule has 0 aromatic rings. The summed E-state index contributed by atoms with van der Waals surface area (Å²) >= 11 is 0. The van der Waals surface area contributed by atoms with Gasteiger partial charge in [-0.05, 0) is 40.5 Å². The Morgan fingerprint density at radius 2 is 1.05 bits per heavy atom. The van der Waals surface area contributed by atoms with Gasteiger partial charge in [0.1, 0.15) is 11.2 Å². The molecule has 0 spiro atoms. The van der Waals surface area contributed by atoms with E-state index in [1.807, 2.05) is 39.8 Å². The molecule has 0 aromatic heterocycles. The summed E-state index contributed by atoms with van der Waals surface area (Å²) in [5, 5.41) is 0. The minimum absolute atomic E-state index is 0.488. The van der Waals surface area contributed by atoms with Gasteiger partial charge in [-0.15, -0.1) is 0 Å². The molecular weight excluding hydrogens is 256 g/mol. The summed E-state index contributed by atoms with van der Waals surface area (Å²) in [6, 6.07) is 0. The Morgan fingerprint density at radius 3 is 1.35 bits per heavy atom. The first-order valence-corrected chi connectivity index (χ1v) is 7.64. The fourth-order valence-electron chi connectivity index (χ4n) is 1.25. The topological polar surface area (TPSA) is 36.9 Å². The van der Waals surface area contributed by atoms with Crippen LogP contribution < -0.4 is 0 Å². The predicted octanol–water partition coefficient (Wildman–Crippen LogP) is 4.60. The van der Waals surface area contributed by atoms with Crippen LogP contribution in [0.4, 0.5) is 0 Å². The van der Waals surface area contributed by atoms with Gasteiger partial charge in [0.15, 0.2) is 0 Å². The molecule has 0 radical (unpaired) electrons. The summed E-state index contributed by atoms with van der Waals surface area (Å²) < 4.78 is 0. The maximum Gasteiger partial charge on any atom is 0.116 e. The molecule has 0 aliphatic rings. The zero-order valence-electron chi connectivity index (χ0n) is 14.0.